The molecule has 1 aromatic heterocycles. The van der Waals surface area contributed by atoms with Gasteiger partial charge in [-0.25, -0.2) is 8.42 Å². The van der Waals surface area contributed by atoms with Gasteiger partial charge in [-0.1, -0.05) is 13.0 Å². The first-order chi connectivity index (χ1) is 10.1. The van der Waals surface area contributed by atoms with Crippen molar-refractivity contribution in [2.75, 3.05) is 33.4 Å². The topological polar surface area (TPSA) is 58.6 Å². The van der Waals surface area contributed by atoms with Gasteiger partial charge < -0.3 is 10.1 Å². The van der Waals surface area contributed by atoms with E-state index >= 15 is 0 Å². The van der Waals surface area contributed by atoms with Gasteiger partial charge in [0.2, 0.25) is 10.0 Å². The lowest BCUT2D eigenvalue weighted by Crippen LogP contribution is -2.35. The molecule has 1 aromatic rings. The molecule has 0 radical (unpaired) electrons. The fourth-order valence-electron chi connectivity index (χ4n) is 2.29. The van der Waals surface area contributed by atoms with Crippen LogP contribution in [0.3, 0.4) is 0 Å². The molecule has 0 atom stereocenters. The van der Waals surface area contributed by atoms with Crippen molar-refractivity contribution >= 4 is 21.4 Å². The van der Waals surface area contributed by atoms with Crippen LogP contribution in [-0.2, 0) is 21.3 Å². The van der Waals surface area contributed by atoms with E-state index in [0.717, 1.165) is 17.8 Å². The molecule has 0 aromatic carbocycles. The maximum Gasteiger partial charge on any atom is 0.244 e. The predicted molar refractivity (Wildman–Crippen MR) is 85.0 cm³/mol. The summed E-state index contributed by atoms with van der Waals surface area (Å²) in [6.45, 7) is 4.96. The average Bonchev–Trinajstić information content (AvgIpc) is 2.95. The van der Waals surface area contributed by atoms with E-state index in [4.69, 9.17) is 4.74 Å². The minimum absolute atomic E-state index is 0.428. The standard InChI is InChI=1S/C14H22N2O3S2/c1-3-15-10-13-14(6-9-20-13)21(17,18)16-7-4-12(5-8-16)11-19-2/h4,6,9,15H,3,5,7-8,10-11H2,1-2H3. The molecule has 0 fully saturated rings. The Balaban J connectivity index is 2.14. The summed E-state index contributed by atoms with van der Waals surface area (Å²) in [6, 6.07) is 1.71. The lowest BCUT2D eigenvalue weighted by Gasteiger charge is -2.25. The molecular weight excluding hydrogens is 308 g/mol. The number of rotatable bonds is 7. The largest absolute Gasteiger partial charge is 0.380 e. The molecule has 0 saturated heterocycles. The molecule has 0 bridgehead atoms. The van der Waals surface area contributed by atoms with Crippen LogP contribution < -0.4 is 5.32 Å². The second-order valence-corrected chi connectivity index (χ2v) is 7.80. The van der Waals surface area contributed by atoms with Gasteiger partial charge in [0.1, 0.15) is 0 Å². The average molecular weight is 330 g/mol. The summed E-state index contributed by atoms with van der Waals surface area (Å²) in [6.07, 6.45) is 2.70. The van der Waals surface area contributed by atoms with E-state index < -0.39 is 10.0 Å². The zero-order valence-electron chi connectivity index (χ0n) is 12.5. The van der Waals surface area contributed by atoms with Gasteiger partial charge in [-0.3, -0.25) is 0 Å². The number of ether oxygens (including phenoxy) is 1. The first-order valence-electron chi connectivity index (χ1n) is 7.03. The smallest absolute Gasteiger partial charge is 0.244 e. The molecule has 2 rings (SSSR count). The van der Waals surface area contributed by atoms with E-state index in [2.05, 4.69) is 5.32 Å². The van der Waals surface area contributed by atoms with Gasteiger partial charge in [0, 0.05) is 31.6 Å². The third-order valence-electron chi connectivity index (χ3n) is 3.45. The Morgan fingerprint density at radius 2 is 2.29 bits per heavy atom. The highest BCUT2D eigenvalue weighted by atomic mass is 32.2. The van der Waals surface area contributed by atoms with E-state index in [9.17, 15) is 8.42 Å². The van der Waals surface area contributed by atoms with Crippen LogP contribution in [0.1, 0.15) is 18.2 Å². The first kappa shape index (κ1) is 16.6. The Labute approximate surface area is 130 Å². The molecule has 118 valence electrons. The Morgan fingerprint density at radius 3 is 2.90 bits per heavy atom. The van der Waals surface area contributed by atoms with Crippen molar-refractivity contribution in [1.29, 1.82) is 0 Å². The van der Waals surface area contributed by atoms with E-state index in [-0.39, 0.29) is 0 Å². The Morgan fingerprint density at radius 1 is 1.48 bits per heavy atom. The molecule has 5 nitrogen and oxygen atoms in total. The van der Waals surface area contributed by atoms with Crippen LogP contribution in [0.25, 0.3) is 0 Å². The minimum Gasteiger partial charge on any atom is -0.380 e. The number of nitrogens with one attached hydrogen (secondary N) is 1. The number of thiophene rings is 1. The Kier molecular flexibility index (Phi) is 5.95. The highest BCUT2D eigenvalue weighted by molar-refractivity contribution is 7.89. The van der Waals surface area contributed by atoms with Crippen LogP contribution in [-0.4, -0.2) is 46.1 Å². The Hall–Kier alpha value is -0.730. The van der Waals surface area contributed by atoms with E-state index in [1.807, 2.05) is 18.4 Å². The lowest BCUT2D eigenvalue weighted by molar-refractivity contribution is 0.219. The highest BCUT2D eigenvalue weighted by Crippen LogP contribution is 2.27. The highest BCUT2D eigenvalue weighted by Gasteiger charge is 2.28. The van der Waals surface area contributed by atoms with Crippen LogP contribution in [0.5, 0.6) is 0 Å². The summed E-state index contributed by atoms with van der Waals surface area (Å²) in [5.74, 6) is 0. The number of methoxy groups -OCH3 is 1. The normalized spacial score (nSPS) is 17.0. The van der Waals surface area contributed by atoms with Crippen LogP contribution in [0.2, 0.25) is 0 Å². The van der Waals surface area contributed by atoms with Crippen LogP contribution in [0.15, 0.2) is 28.0 Å². The fourth-order valence-corrected chi connectivity index (χ4v) is 5.06. The van der Waals surface area contributed by atoms with Crippen LogP contribution >= 0.6 is 11.3 Å². The molecule has 1 aliphatic heterocycles. The molecule has 1 aliphatic rings. The molecule has 1 N–H and O–H groups in total. The van der Waals surface area contributed by atoms with Crippen molar-refractivity contribution in [2.45, 2.75) is 24.8 Å². The van der Waals surface area contributed by atoms with Crippen LogP contribution in [0, 0.1) is 0 Å². The number of hydrogen-bond acceptors (Lipinski definition) is 5. The lowest BCUT2D eigenvalue weighted by atomic mass is 10.1. The van der Waals surface area contributed by atoms with Crippen molar-refractivity contribution in [2.24, 2.45) is 0 Å². The molecule has 21 heavy (non-hydrogen) atoms. The molecule has 0 unspecified atom stereocenters. The minimum atomic E-state index is -3.40. The zero-order valence-corrected chi connectivity index (χ0v) is 14.1. The summed E-state index contributed by atoms with van der Waals surface area (Å²) in [5.41, 5.74) is 1.17. The predicted octanol–water partition coefficient (Wildman–Crippen LogP) is 1.82. The second kappa shape index (κ2) is 7.51. The van der Waals surface area contributed by atoms with Gasteiger partial charge in [0.25, 0.3) is 0 Å². The zero-order chi connectivity index (χ0) is 15.3. The van der Waals surface area contributed by atoms with E-state index in [0.29, 0.717) is 31.1 Å². The van der Waals surface area contributed by atoms with E-state index in [1.54, 1.807) is 17.5 Å². The molecule has 0 amide bonds. The molecule has 0 spiro atoms. The van der Waals surface area contributed by atoms with Gasteiger partial charge in [0.05, 0.1) is 11.5 Å². The van der Waals surface area contributed by atoms with E-state index in [1.165, 1.54) is 16.9 Å². The summed E-state index contributed by atoms with van der Waals surface area (Å²) in [4.78, 5) is 1.32. The van der Waals surface area contributed by atoms with Gasteiger partial charge in [-0.2, -0.15) is 4.31 Å². The van der Waals surface area contributed by atoms with Crippen molar-refractivity contribution in [3.05, 3.63) is 28.0 Å². The van der Waals surface area contributed by atoms with Crippen molar-refractivity contribution < 1.29 is 13.2 Å². The molecular formula is C14H22N2O3S2. The van der Waals surface area contributed by atoms with Gasteiger partial charge >= 0.3 is 0 Å². The molecule has 2 heterocycles. The quantitative estimate of drug-likeness (QED) is 0.775. The third-order valence-corrected chi connectivity index (χ3v) is 6.45. The summed E-state index contributed by atoms with van der Waals surface area (Å²) < 4.78 is 32.1. The monoisotopic (exact) mass is 330 g/mol. The number of hydrogen-bond donors (Lipinski definition) is 1. The number of nitrogens with zero attached hydrogens (tertiary/aromatic N) is 1. The van der Waals surface area contributed by atoms with Gasteiger partial charge in [-0.15, -0.1) is 11.3 Å². The molecule has 0 saturated carbocycles. The maximum absolute atomic E-state index is 12.7. The SMILES string of the molecule is CCNCc1sccc1S(=O)(=O)N1CC=C(COC)CC1. The second-order valence-electron chi connectivity index (χ2n) is 4.90. The fraction of sp³-hybridized carbons (Fsp3) is 0.571. The maximum atomic E-state index is 12.7. The Bertz CT molecular complexity index is 593. The number of sulfonamides is 1. The van der Waals surface area contributed by atoms with Crippen molar-refractivity contribution in [3.63, 3.8) is 0 Å². The van der Waals surface area contributed by atoms with Gasteiger partial charge in [0.15, 0.2) is 0 Å². The summed E-state index contributed by atoms with van der Waals surface area (Å²) >= 11 is 1.49. The van der Waals surface area contributed by atoms with Crippen molar-refractivity contribution in [1.82, 2.24) is 9.62 Å². The third kappa shape index (κ3) is 3.92. The first-order valence-corrected chi connectivity index (χ1v) is 9.35. The van der Waals surface area contributed by atoms with Crippen LogP contribution in [0.4, 0.5) is 0 Å². The molecule has 7 heteroatoms. The van der Waals surface area contributed by atoms with Crippen molar-refractivity contribution in [3.8, 4) is 0 Å². The summed E-state index contributed by atoms with van der Waals surface area (Å²) in [5, 5.41) is 5.03. The van der Waals surface area contributed by atoms with Gasteiger partial charge in [-0.05, 0) is 30.0 Å². The summed E-state index contributed by atoms with van der Waals surface area (Å²) in [7, 11) is -1.74. The molecule has 0 aliphatic carbocycles.